The number of fused-ring (bicyclic) bond motifs is 3. The van der Waals surface area contributed by atoms with Crippen LogP contribution in [0.1, 0.15) is 5.69 Å². The Bertz CT molecular complexity index is 1650. The Kier molecular flexibility index (Phi) is 4.30. The summed E-state index contributed by atoms with van der Waals surface area (Å²) in [6.45, 7) is 9.46. The van der Waals surface area contributed by atoms with Crippen molar-refractivity contribution in [1.29, 1.82) is 0 Å². The molecule has 0 N–H and O–H groups in total. The second kappa shape index (κ2) is 7.03. The number of aryl methyl sites for hydroxylation is 2. The zero-order valence-electron chi connectivity index (χ0n) is 20.0. The molecule has 0 unspecified atom stereocenters. The Hall–Kier alpha value is -3.43. The van der Waals surface area contributed by atoms with E-state index in [2.05, 4.69) is 128 Å². The van der Waals surface area contributed by atoms with Gasteiger partial charge < -0.3 is 4.40 Å². The predicted molar refractivity (Wildman–Crippen MR) is 143 cm³/mol. The number of nitrogens with zero attached hydrogens (tertiary/aromatic N) is 2. The summed E-state index contributed by atoms with van der Waals surface area (Å²) < 4.78 is 4.71. The Morgan fingerprint density at radius 1 is 0.727 bits per heavy atom. The van der Waals surface area contributed by atoms with Crippen molar-refractivity contribution in [2.75, 3.05) is 0 Å². The smallest absolute Gasteiger partial charge is 0.215 e. The van der Waals surface area contributed by atoms with Gasteiger partial charge in [-0.25, -0.2) is 4.57 Å². The largest absolute Gasteiger partial charge is 0.312 e. The summed E-state index contributed by atoms with van der Waals surface area (Å²) in [5.41, 5.74) is 9.02. The van der Waals surface area contributed by atoms with Crippen molar-refractivity contribution in [3.8, 4) is 22.4 Å². The topological polar surface area (TPSA) is 8.29 Å². The Balaban J connectivity index is 1.58. The lowest BCUT2D eigenvalue weighted by Crippen LogP contribution is -2.37. The quantitative estimate of drug-likeness (QED) is 0.212. The minimum atomic E-state index is -1.30. The van der Waals surface area contributed by atoms with Crippen LogP contribution in [0.25, 0.3) is 49.6 Å². The van der Waals surface area contributed by atoms with Crippen molar-refractivity contribution in [3.63, 3.8) is 0 Å². The van der Waals surface area contributed by atoms with Gasteiger partial charge in [0.2, 0.25) is 5.69 Å². The van der Waals surface area contributed by atoms with Crippen molar-refractivity contribution >= 4 is 40.5 Å². The van der Waals surface area contributed by atoms with E-state index in [0.29, 0.717) is 0 Å². The standard InChI is InChI=1S/C30H29N2Si/c1-20-29(26-11-8-10-25-24-9-6-7-12-27(24)32(20)30(25)26)28-19-22(17-18-31(28)2)21-13-15-23(16-14-21)33(3,4)5/h6-19H,1-5H3/q+1. The fourth-order valence-corrected chi connectivity index (χ4v) is 6.53. The fraction of sp³-hybridized carbons (Fsp3) is 0.167. The first-order valence-electron chi connectivity index (χ1n) is 11.7. The molecule has 3 aromatic heterocycles. The molecule has 0 aliphatic heterocycles. The maximum atomic E-state index is 2.45. The van der Waals surface area contributed by atoms with Crippen molar-refractivity contribution < 1.29 is 4.57 Å². The summed E-state index contributed by atoms with van der Waals surface area (Å²) in [4.78, 5) is 0. The SMILES string of the molecule is Cc1c(-c2cc(-c3ccc([Si](C)(C)C)cc3)cc[n+]2C)c2cccc3c4ccccc4n1c23. The van der Waals surface area contributed by atoms with E-state index in [1.165, 1.54) is 60.5 Å². The van der Waals surface area contributed by atoms with Gasteiger partial charge in [-0.1, -0.05) is 85.5 Å². The van der Waals surface area contributed by atoms with E-state index in [-0.39, 0.29) is 0 Å². The lowest BCUT2D eigenvalue weighted by Gasteiger charge is -2.16. The van der Waals surface area contributed by atoms with Gasteiger partial charge in [-0.15, -0.1) is 0 Å². The highest BCUT2D eigenvalue weighted by atomic mass is 28.3. The summed E-state index contributed by atoms with van der Waals surface area (Å²) in [6.07, 6.45) is 2.20. The van der Waals surface area contributed by atoms with E-state index >= 15 is 0 Å². The van der Waals surface area contributed by atoms with Crippen LogP contribution in [0.2, 0.25) is 19.6 Å². The normalized spacial score (nSPS) is 12.4. The third-order valence-corrected chi connectivity index (χ3v) is 9.22. The van der Waals surface area contributed by atoms with Crippen molar-refractivity contribution in [3.05, 3.63) is 90.8 Å². The lowest BCUT2D eigenvalue weighted by molar-refractivity contribution is -0.660. The molecule has 0 amide bonds. The van der Waals surface area contributed by atoms with E-state index in [1.807, 2.05) is 0 Å². The minimum absolute atomic E-state index is 1.25. The molecule has 0 aliphatic carbocycles. The molecule has 6 aromatic rings. The number of para-hydroxylation sites is 2. The maximum absolute atomic E-state index is 2.45. The minimum Gasteiger partial charge on any atom is -0.312 e. The summed E-state index contributed by atoms with van der Waals surface area (Å²) in [7, 11) is 0.853. The molecule has 2 nitrogen and oxygen atoms in total. The predicted octanol–water partition coefficient (Wildman–Crippen LogP) is 6.70. The number of pyridine rings is 1. The zero-order chi connectivity index (χ0) is 22.9. The molecule has 0 spiro atoms. The van der Waals surface area contributed by atoms with E-state index in [0.717, 1.165) is 0 Å². The first-order valence-corrected chi connectivity index (χ1v) is 15.2. The molecular weight excluding hydrogens is 416 g/mol. The van der Waals surface area contributed by atoms with E-state index in [1.54, 1.807) is 0 Å². The van der Waals surface area contributed by atoms with Crippen LogP contribution in [0.5, 0.6) is 0 Å². The lowest BCUT2D eigenvalue weighted by atomic mass is 10.0. The van der Waals surface area contributed by atoms with E-state index in [4.69, 9.17) is 0 Å². The second-order valence-electron chi connectivity index (χ2n) is 10.3. The molecular formula is C30H29N2Si+. The molecule has 162 valence electrons. The average Bonchev–Trinajstić information content (AvgIpc) is 3.30. The maximum Gasteiger partial charge on any atom is 0.215 e. The van der Waals surface area contributed by atoms with Crippen LogP contribution in [0.4, 0.5) is 0 Å². The highest BCUT2D eigenvalue weighted by Crippen LogP contribution is 2.41. The highest BCUT2D eigenvalue weighted by Gasteiger charge is 2.25. The van der Waals surface area contributed by atoms with Crippen LogP contribution < -0.4 is 9.75 Å². The number of rotatable bonds is 3. The van der Waals surface area contributed by atoms with Gasteiger partial charge in [0.25, 0.3) is 0 Å². The van der Waals surface area contributed by atoms with Gasteiger partial charge in [-0.3, -0.25) is 0 Å². The molecule has 0 saturated heterocycles. The molecule has 0 bridgehead atoms. The molecule has 3 heterocycles. The van der Waals surface area contributed by atoms with Crippen molar-refractivity contribution in [2.24, 2.45) is 7.05 Å². The second-order valence-corrected chi connectivity index (χ2v) is 15.3. The first kappa shape index (κ1) is 20.2. The molecule has 33 heavy (non-hydrogen) atoms. The Morgan fingerprint density at radius 2 is 1.42 bits per heavy atom. The molecule has 6 rings (SSSR count). The summed E-state index contributed by atoms with van der Waals surface area (Å²) >= 11 is 0. The first-order chi connectivity index (χ1) is 15.8. The van der Waals surface area contributed by atoms with Crippen LogP contribution in [0, 0.1) is 6.92 Å². The van der Waals surface area contributed by atoms with Gasteiger partial charge in [-0.05, 0) is 24.1 Å². The summed E-state index contributed by atoms with van der Waals surface area (Å²) in [5.74, 6) is 0. The third-order valence-electron chi connectivity index (χ3n) is 7.15. The summed E-state index contributed by atoms with van der Waals surface area (Å²) in [5, 5.41) is 5.48. The van der Waals surface area contributed by atoms with E-state index in [9.17, 15) is 0 Å². The molecule has 0 atom stereocenters. The van der Waals surface area contributed by atoms with Gasteiger partial charge in [0.15, 0.2) is 6.20 Å². The monoisotopic (exact) mass is 445 g/mol. The Labute approximate surface area is 196 Å². The Morgan fingerprint density at radius 3 is 2.18 bits per heavy atom. The van der Waals surface area contributed by atoms with Crippen molar-refractivity contribution in [2.45, 2.75) is 26.6 Å². The van der Waals surface area contributed by atoms with E-state index < -0.39 is 8.07 Å². The highest BCUT2D eigenvalue weighted by molar-refractivity contribution is 6.88. The molecule has 0 saturated carbocycles. The van der Waals surface area contributed by atoms with Gasteiger partial charge in [0, 0.05) is 34.0 Å². The summed E-state index contributed by atoms with van der Waals surface area (Å²) in [6, 6.07) is 29.3. The molecule has 0 radical (unpaired) electrons. The van der Waals surface area contributed by atoms with Crippen LogP contribution in [0.3, 0.4) is 0 Å². The van der Waals surface area contributed by atoms with Gasteiger partial charge in [-0.2, -0.15) is 0 Å². The van der Waals surface area contributed by atoms with Crippen LogP contribution >= 0.6 is 0 Å². The molecule has 0 aliphatic rings. The number of aromatic nitrogens is 2. The van der Waals surface area contributed by atoms with Crippen LogP contribution in [0.15, 0.2) is 85.1 Å². The van der Waals surface area contributed by atoms with Crippen LogP contribution in [-0.4, -0.2) is 12.5 Å². The number of hydrogen-bond acceptors (Lipinski definition) is 0. The number of hydrogen-bond donors (Lipinski definition) is 0. The van der Waals surface area contributed by atoms with Crippen molar-refractivity contribution in [1.82, 2.24) is 4.40 Å². The van der Waals surface area contributed by atoms with Gasteiger partial charge in [0.05, 0.1) is 24.7 Å². The third kappa shape index (κ3) is 2.96. The fourth-order valence-electron chi connectivity index (χ4n) is 5.36. The molecule has 3 heteroatoms. The zero-order valence-corrected chi connectivity index (χ0v) is 21.0. The molecule has 3 aromatic carbocycles. The molecule has 0 fully saturated rings. The average molecular weight is 446 g/mol. The van der Waals surface area contributed by atoms with Gasteiger partial charge >= 0.3 is 0 Å². The number of benzene rings is 3. The van der Waals surface area contributed by atoms with Crippen LogP contribution in [-0.2, 0) is 7.05 Å². The van der Waals surface area contributed by atoms with Gasteiger partial charge in [0.1, 0.15) is 7.05 Å².